The first-order chi connectivity index (χ1) is 7.84. The van der Waals surface area contributed by atoms with Gasteiger partial charge in [0.15, 0.2) is 0 Å². The summed E-state index contributed by atoms with van der Waals surface area (Å²) < 4.78 is 15.6. The molecule has 2 unspecified atom stereocenters. The predicted molar refractivity (Wildman–Crippen MR) is 66.9 cm³/mol. The van der Waals surface area contributed by atoms with Crippen LogP contribution in [-0.2, 0) is 14.2 Å². The van der Waals surface area contributed by atoms with Gasteiger partial charge in [-0.05, 0) is 18.1 Å². The Morgan fingerprint density at radius 2 is 1.75 bits per heavy atom. The molecule has 0 aromatic carbocycles. The van der Waals surface area contributed by atoms with Gasteiger partial charge in [0, 0.05) is 25.5 Å². The summed E-state index contributed by atoms with van der Waals surface area (Å²) in [7, 11) is 1.67. The van der Waals surface area contributed by atoms with Gasteiger partial charge in [0.1, 0.15) is 0 Å². The number of hydrogen-bond acceptors (Lipinski definition) is 5. The van der Waals surface area contributed by atoms with E-state index in [4.69, 9.17) is 19.9 Å². The van der Waals surface area contributed by atoms with Gasteiger partial charge in [0.05, 0.1) is 26.4 Å². The van der Waals surface area contributed by atoms with Crippen molar-refractivity contribution in [2.24, 2.45) is 11.7 Å². The quantitative estimate of drug-likeness (QED) is 0.611. The normalized spacial score (nSPS) is 25.1. The molecule has 0 spiro atoms. The first-order valence-electron chi connectivity index (χ1n) is 5.82. The number of thioether (sulfide) groups is 1. The molecule has 4 nitrogen and oxygen atoms in total. The summed E-state index contributed by atoms with van der Waals surface area (Å²) in [5.41, 5.74) is 5.96. The molecule has 0 aromatic heterocycles. The third-order valence-corrected chi connectivity index (χ3v) is 3.97. The number of methoxy groups -OCH3 is 1. The average Bonchev–Trinajstić information content (AvgIpc) is 2.68. The molecule has 1 aliphatic heterocycles. The van der Waals surface area contributed by atoms with Crippen molar-refractivity contribution in [3.63, 3.8) is 0 Å². The molecule has 2 atom stereocenters. The van der Waals surface area contributed by atoms with Gasteiger partial charge in [0.2, 0.25) is 0 Å². The van der Waals surface area contributed by atoms with Crippen LogP contribution in [0.4, 0.5) is 0 Å². The van der Waals surface area contributed by atoms with Crippen molar-refractivity contribution in [1.29, 1.82) is 0 Å². The number of ether oxygens (including phenoxy) is 3. The van der Waals surface area contributed by atoms with E-state index in [2.05, 4.69) is 0 Å². The van der Waals surface area contributed by atoms with Gasteiger partial charge in [-0.2, -0.15) is 11.8 Å². The molecule has 1 heterocycles. The molecule has 5 heteroatoms. The summed E-state index contributed by atoms with van der Waals surface area (Å²) in [4.78, 5) is 0. The van der Waals surface area contributed by atoms with E-state index in [1.54, 1.807) is 7.11 Å². The van der Waals surface area contributed by atoms with Crippen molar-refractivity contribution in [3.8, 4) is 0 Å². The average molecular weight is 249 g/mol. The largest absolute Gasteiger partial charge is 0.382 e. The van der Waals surface area contributed by atoms with E-state index in [9.17, 15) is 0 Å². The summed E-state index contributed by atoms with van der Waals surface area (Å²) in [5.74, 6) is 2.93. The van der Waals surface area contributed by atoms with Crippen LogP contribution in [0.15, 0.2) is 0 Å². The summed E-state index contributed by atoms with van der Waals surface area (Å²) in [6.07, 6.45) is 1.08. The number of nitrogens with two attached hydrogens (primary N) is 1. The third kappa shape index (κ3) is 6.06. The van der Waals surface area contributed by atoms with Gasteiger partial charge in [-0.1, -0.05) is 0 Å². The summed E-state index contributed by atoms with van der Waals surface area (Å²) in [6, 6.07) is 0.367. The van der Waals surface area contributed by atoms with Crippen LogP contribution in [0.5, 0.6) is 0 Å². The maximum absolute atomic E-state index is 5.96. The van der Waals surface area contributed by atoms with Crippen molar-refractivity contribution < 1.29 is 14.2 Å². The van der Waals surface area contributed by atoms with Gasteiger partial charge in [0.25, 0.3) is 0 Å². The van der Waals surface area contributed by atoms with E-state index in [0.717, 1.165) is 18.8 Å². The fourth-order valence-electron chi connectivity index (χ4n) is 1.61. The van der Waals surface area contributed by atoms with Gasteiger partial charge < -0.3 is 19.9 Å². The fraction of sp³-hybridized carbons (Fsp3) is 1.00. The molecule has 0 amide bonds. The Morgan fingerprint density at radius 3 is 2.38 bits per heavy atom. The van der Waals surface area contributed by atoms with Crippen LogP contribution < -0.4 is 5.73 Å². The molecule has 0 saturated carbocycles. The maximum Gasteiger partial charge on any atom is 0.0701 e. The van der Waals surface area contributed by atoms with Crippen molar-refractivity contribution in [2.75, 3.05) is 51.6 Å². The lowest BCUT2D eigenvalue weighted by molar-refractivity contribution is 0.0220. The molecule has 0 aromatic rings. The molecule has 1 saturated heterocycles. The molecule has 0 bridgehead atoms. The monoisotopic (exact) mass is 249 g/mol. The highest BCUT2D eigenvalue weighted by Gasteiger charge is 2.23. The van der Waals surface area contributed by atoms with Gasteiger partial charge >= 0.3 is 0 Å². The molecule has 1 fully saturated rings. The summed E-state index contributed by atoms with van der Waals surface area (Å²) in [6.45, 7) is 3.40. The lowest BCUT2D eigenvalue weighted by Crippen LogP contribution is -2.29. The minimum atomic E-state index is 0.367. The van der Waals surface area contributed by atoms with Crippen LogP contribution in [0.3, 0.4) is 0 Å². The van der Waals surface area contributed by atoms with Gasteiger partial charge in [-0.15, -0.1) is 0 Å². The molecule has 1 rings (SSSR count). The molecule has 0 radical (unpaired) electrons. The molecule has 1 aliphatic rings. The highest BCUT2D eigenvalue weighted by molar-refractivity contribution is 7.99. The van der Waals surface area contributed by atoms with Gasteiger partial charge in [-0.3, -0.25) is 0 Å². The third-order valence-electron chi connectivity index (χ3n) is 2.68. The van der Waals surface area contributed by atoms with Crippen LogP contribution in [0.25, 0.3) is 0 Å². The van der Waals surface area contributed by atoms with Crippen molar-refractivity contribution in [3.05, 3.63) is 0 Å². The van der Waals surface area contributed by atoms with E-state index in [1.807, 2.05) is 11.8 Å². The summed E-state index contributed by atoms with van der Waals surface area (Å²) >= 11 is 1.95. The van der Waals surface area contributed by atoms with E-state index in [0.29, 0.717) is 38.4 Å². The molecule has 96 valence electrons. The second-order valence-electron chi connectivity index (χ2n) is 3.97. The standard InChI is InChI=1S/C11H23NO3S/c1-13-4-5-15-7-6-14-3-2-10-8-16-9-11(10)12/h10-11H,2-9,12H2,1H3. The second-order valence-corrected chi connectivity index (χ2v) is 5.04. The lowest BCUT2D eigenvalue weighted by atomic mass is 10.0. The Balaban J connectivity index is 1.81. The lowest BCUT2D eigenvalue weighted by Gasteiger charge is -2.13. The smallest absolute Gasteiger partial charge is 0.0701 e. The van der Waals surface area contributed by atoms with Crippen LogP contribution in [0.1, 0.15) is 6.42 Å². The first kappa shape index (κ1) is 14.3. The molecule has 16 heavy (non-hydrogen) atoms. The van der Waals surface area contributed by atoms with Crippen LogP contribution in [0.2, 0.25) is 0 Å². The van der Waals surface area contributed by atoms with E-state index in [-0.39, 0.29) is 0 Å². The minimum Gasteiger partial charge on any atom is -0.382 e. The van der Waals surface area contributed by atoms with E-state index < -0.39 is 0 Å². The van der Waals surface area contributed by atoms with Crippen LogP contribution in [0, 0.1) is 5.92 Å². The second kappa shape index (κ2) is 9.24. The SMILES string of the molecule is COCCOCCOCCC1CSCC1N. The maximum atomic E-state index is 5.96. The van der Waals surface area contributed by atoms with Crippen molar-refractivity contribution in [2.45, 2.75) is 12.5 Å². The van der Waals surface area contributed by atoms with E-state index in [1.165, 1.54) is 5.75 Å². The Kier molecular flexibility index (Phi) is 8.23. The topological polar surface area (TPSA) is 53.7 Å². The highest BCUT2D eigenvalue weighted by atomic mass is 32.2. The Labute approximate surface area is 102 Å². The highest BCUT2D eigenvalue weighted by Crippen LogP contribution is 2.25. The summed E-state index contributed by atoms with van der Waals surface area (Å²) in [5, 5.41) is 0. The molecular formula is C11H23NO3S. The molecule has 0 aliphatic carbocycles. The zero-order valence-electron chi connectivity index (χ0n) is 10.0. The van der Waals surface area contributed by atoms with Gasteiger partial charge in [-0.25, -0.2) is 0 Å². The first-order valence-corrected chi connectivity index (χ1v) is 6.98. The van der Waals surface area contributed by atoms with Crippen molar-refractivity contribution >= 4 is 11.8 Å². The predicted octanol–water partition coefficient (Wildman–Crippen LogP) is 0.746. The van der Waals surface area contributed by atoms with Crippen LogP contribution >= 0.6 is 11.8 Å². The number of rotatable bonds is 9. The van der Waals surface area contributed by atoms with E-state index >= 15 is 0 Å². The Bertz CT molecular complexity index is 171. The minimum absolute atomic E-state index is 0.367. The van der Waals surface area contributed by atoms with Crippen LogP contribution in [-0.4, -0.2) is 57.7 Å². The molecular weight excluding hydrogens is 226 g/mol. The van der Waals surface area contributed by atoms with Crippen molar-refractivity contribution in [1.82, 2.24) is 0 Å². The zero-order chi connectivity index (χ0) is 11.6. The number of hydrogen-bond donors (Lipinski definition) is 1. The Hall–Kier alpha value is 0.190. The fourth-order valence-corrected chi connectivity index (χ4v) is 3.01. The zero-order valence-corrected chi connectivity index (χ0v) is 10.8. The molecule has 2 N–H and O–H groups in total. The Morgan fingerprint density at radius 1 is 1.06 bits per heavy atom.